The van der Waals surface area contributed by atoms with E-state index in [4.69, 9.17) is 5.11 Å². The highest BCUT2D eigenvalue weighted by Gasteiger charge is 2.13. The van der Waals surface area contributed by atoms with Gasteiger partial charge in [-0.3, -0.25) is 4.79 Å². The van der Waals surface area contributed by atoms with Crippen molar-refractivity contribution in [1.29, 1.82) is 0 Å². The standard InChI is InChI=1S/C12H21NO3/c1-4-5-6-9-13(10(2)3)11(14)7-8-12(15)16/h7-8,10H,4-6,9H2,1-3H3,(H,15,16)/b8-7+. The molecule has 4 nitrogen and oxygen atoms in total. The van der Waals surface area contributed by atoms with Crippen LogP contribution in [-0.2, 0) is 9.59 Å². The molecule has 1 N–H and O–H groups in total. The summed E-state index contributed by atoms with van der Waals surface area (Å²) in [7, 11) is 0. The van der Waals surface area contributed by atoms with Crippen LogP contribution in [0.1, 0.15) is 40.0 Å². The van der Waals surface area contributed by atoms with E-state index >= 15 is 0 Å². The van der Waals surface area contributed by atoms with Gasteiger partial charge in [0.05, 0.1) is 0 Å². The third-order valence-corrected chi connectivity index (χ3v) is 2.28. The molecule has 0 aliphatic heterocycles. The first-order valence-electron chi connectivity index (χ1n) is 5.70. The molecular weight excluding hydrogens is 206 g/mol. The number of carboxylic acid groups (broad SMARTS) is 1. The highest BCUT2D eigenvalue weighted by Crippen LogP contribution is 2.04. The topological polar surface area (TPSA) is 57.6 Å². The lowest BCUT2D eigenvalue weighted by molar-refractivity contribution is -0.132. The number of carboxylic acids is 1. The van der Waals surface area contributed by atoms with Gasteiger partial charge >= 0.3 is 5.97 Å². The average Bonchev–Trinajstić information content (AvgIpc) is 2.20. The molecule has 0 aliphatic rings. The lowest BCUT2D eigenvalue weighted by atomic mass is 10.2. The zero-order chi connectivity index (χ0) is 12.6. The molecule has 0 rings (SSSR count). The van der Waals surface area contributed by atoms with Gasteiger partial charge in [-0.1, -0.05) is 19.8 Å². The van der Waals surface area contributed by atoms with Crippen LogP contribution in [0.3, 0.4) is 0 Å². The molecule has 1 amide bonds. The molecule has 0 atom stereocenters. The number of rotatable bonds is 7. The number of amides is 1. The first-order chi connectivity index (χ1) is 7.49. The highest BCUT2D eigenvalue weighted by molar-refractivity contribution is 5.94. The third kappa shape index (κ3) is 6.22. The third-order valence-electron chi connectivity index (χ3n) is 2.28. The first kappa shape index (κ1) is 14.7. The van der Waals surface area contributed by atoms with E-state index in [1.54, 1.807) is 4.90 Å². The van der Waals surface area contributed by atoms with Crippen LogP contribution in [0.25, 0.3) is 0 Å². The zero-order valence-electron chi connectivity index (χ0n) is 10.3. The fraction of sp³-hybridized carbons (Fsp3) is 0.667. The molecule has 0 bridgehead atoms. The Morgan fingerprint density at radius 2 is 1.88 bits per heavy atom. The summed E-state index contributed by atoms with van der Waals surface area (Å²) in [5.41, 5.74) is 0. The van der Waals surface area contributed by atoms with E-state index in [9.17, 15) is 9.59 Å². The molecule has 0 aromatic rings. The van der Waals surface area contributed by atoms with E-state index in [0.717, 1.165) is 31.4 Å². The van der Waals surface area contributed by atoms with Crippen molar-refractivity contribution in [3.05, 3.63) is 12.2 Å². The first-order valence-corrected chi connectivity index (χ1v) is 5.70. The van der Waals surface area contributed by atoms with Crippen LogP contribution in [-0.4, -0.2) is 34.5 Å². The summed E-state index contributed by atoms with van der Waals surface area (Å²) in [4.78, 5) is 23.6. The van der Waals surface area contributed by atoms with E-state index in [1.165, 1.54) is 0 Å². The van der Waals surface area contributed by atoms with Crippen molar-refractivity contribution < 1.29 is 14.7 Å². The van der Waals surface area contributed by atoms with Crippen molar-refractivity contribution in [2.45, 2.75) is 46.1 Å². The van der Waals surface area contributed by atoms with Gasteiger partial charge in [0, 0.05) is 24.7 Å². The van der Waals surface area contributed by atoms with E-state index in [-0.39, 0.29) is 11.9 Å². The second kappa shape index (κ2) is 7.91. The molecule has 92 valence electrons. The Hall–Kier alpha value is -1.32. The largest absolute Gasteiger partial charge is 0.478 e. The highest BCUT2D eigenvalue weighted by atomic mass is 16.4. The molecule has 0 aliphatic carbocycles. The van der Waals surface area contributed by atoms with Crippen molar-refractivity contribution in [1.82, 2.24) is 4.90 Å². The number of hydrogen-bond donors (Lipinski definition) is 1. The maximum Gasteiger partial charge on any atom is 0.328 e. The predicted molar refractivity (Wildman–Crippen MR) is 63.1 cm³/mol. The van der Waals surface area contributed by atoms with Crippen LogP contribution < -0.4 is 0 Å². The Labute approximate surface area is 96.9 Å². The summed E-state index contributed by atoms with van der Waals surface area (Å²) < 4.78 is 0. The molecule has 16 heavy (non-hydrogen) atoms. The number of nitrogens with zero attached hydrogens (tertiary/aromatic N) is 1. The molecule has 0 radical (unpaired) electrons. The van der Waals surface area contributed by atoms with E-state index in [2.05, 4.69) is 6.92 Å². The lowest BCUT2D eigenvalue weighted by Crippen LogP contribution is -2.36. The SMILES string of the molecule is CCCCCN(C(=O)/C=C/C(=O)O)C(C)C. The average molecular weight is 227 g/mol. The van der Waals surface area contributed by atoms with Crippen molar-refractivity contribution in [2.75, 3.05) is 6.54 Å². The molecule has 0 aromatic heterocycles. The number of aliphatic carboxylic acids is 1. The number of unbranched alkanes of at least 4 members (excludes halogenated alkanes) is 2. The lowest BCUT2D eigenvalue weighted by Gasteiger charge is -2.25. The molecule has 0 saturated heterocycles. The summed E-state index contributed by atoms with van der Waals surface area (Å²) >= 11 is 0. The van der Waals surface area contributed by atoms with Crippen LogP contribution in [0.4, 0.5) is 0 Å². The summed E-state index contributed by atoms with van der Waals surface area (Å²) in [6, 6.07) is 0.0998. The fourth-order valence-corrected chi connectivity index (χ4v) is 1.39. The van der Waals surface area contributed by atoms with E-state index in [0.29, 0.717) is 6.54 Å². The van der Waals surface area contributed by atoms with E-state index < -0.39 is 5.97 Å². The fourth-order valence-electron chi connectivity index (χ4n) is 1.39. The molecule has 0 unspecified atom stereocenters. The van der Waals surface area contributed by atoms with Gasteiger partial charge in [0.25, 0.3) is 0 Å². The molecule has 0 fully saturated rings. The summed E-state index contributed by atoms with van der Waals surface area (Å²) in [6.45, 7) is 6.65. The van der Waals surface area contributed by atoms with E-state index in [1.807, 2.05) is 13.8 Å². The zero-order valence-corrected chi connectivity index (χ0v) is 10.3. The minimum atomic E-state index is -1.09. The number of carbonyl (C=O) groups excluding carboxylic acids is 1. The minimum absolute atomic E-state index is 0.0998. The van der Waals surface area contributed by atoms with Gasteiger partial charge in [-0.15, -0.1) is 0 Å². The van der Waals surface area contributed by atoms with Crippen LogP contribution in [0, 0.1) is 0 Å². The van der Waals surface area contributed by atoms with Gasteiger partial charge in [-0.25, -0.2) is 4.79 Å². The van der Waals surface area contributed by atoms with Crippen LogP contribution in [0.2, 0.25) is 0 Å². The minimum Gasteiger partial charge on any atom is -0.478 e. The Morgan fingerprint density at radius 1 is 1.25 bits per heavy atom. The Kier molecular flexibility index (Phi) is 7.25. The quantitative estimate of drug-likeness (QED) is 0.535. The van der Waals surface area contributed by atoms with Gasteiger partial charge in [-0.2, -0.15) is 0 Å². The molecule has 0 saturated carbocycles. The van der Waals surface area contributed by atoms with Crippen molar-refractivity contribution in [3.8, 4) is 0 Å². The van der Waals surface area contributed by atoms with Crippen LogP contribution in [0.5, 0.6) is 0 Å². The summed E-state index contributed by atoms with van der Waals surface area (Å²) in [5.74, 6) is -1.32. The van der Waals surface area contributed by atoms with Gasteiger partial charge in [0.15, 0.2) is 0 Å². The Morgan fingerprint density at radius 3 is 2.31 bits per heavy atom. The molecular formula is C12H21NO3. The normalized spacial score (nSPS) is 11.0. The van der Waals surface area contributed by atoms with Crippen molar-refractivity contribution in [3.63, 3.8) is 0 Å². The maximum atomic E-state index is 11.7. The molecule has 0 spiro atoms. The van der Waals surface area contributed by atoms with Crippen molar-refractivity contribution in [2.24, 2.45) is 0 Å². The second-order valence-corrected chi connectivity index (χ2v) is 4.00. The summed E-state index contributed by atoms with van der Waals surface area (Å²) in [5, 5.41) is 8.44. The second-order valence-electron chi connectivity index (χ2n) is 4.00. The van der Waals surface area contributed by atoms with Crippen LogP contribution >= 0.6 is 0 Å². The molecule has 0 heterocycles. The monoisotopic (exact) mass is 227 g/mol. The van der Waals surface area contributed by atoms with Crippen LogP contribution in [0.15, 0.2) is 12.2 Å². The molecule has 0 aromatic carbocycles. The predicted octanol–water partition coefficient (Wildman–Crippen LogP) is 2.05. The van der Waals surface area contributed by atoms with Crippen molar-refractivity contribution >= 4 is 11.9 Å². The summed E-state index contributed by atoms with van der Waals surface area (Å²) in [6.07, 6.45) is 5.15. The van der Waals surface area contributed by atoms with Gasteiger partial charge < -0.3 is 10.0 Å². The van der Waals surface area contributed by atoms with Gasteiger partial charge in [0.2, 0.25) is 5.91 Å². The number of hydrogen-bond acceptors (Lipinski definition) is 2. The van der Waals surface area contributed by atoms with Gasteiger partial charge in [-0.05, 0) is 20.3 Å². The maximum absolute atomic E-state index is 11.7. The smallest absolute Gasteiger partial charge is 0.328 e. The molecule has 4 heteroatoms. The Bertz CT molecular complexity index is 259. The van der Waals surface area contributed by atoms with Gasteiger partial charge in [0.1, 0.15) is 0 Å². The number of carbonyl (C=O) groups is 2. The Balaban J connectivity index is 4.29.